The lowest BCUT2D eigenvalue weighted by Crippen LogP contribution is -2.52. The predicted octanol–water partition coefficient (Wildman–Crippen LogP) is 0.905. The van der Waals surface area contributed by atoms with E-state index < -0.39 is 0 Å². The first-order valence-electron chi connectivity index (χ1n) is 8.22. The molecule has 2 N–H and O–H groups in total. The summed E-state index contributed by atoms with van der Waals surface area (Å²) in [6.45, 7) is 9.00. The molecule has 0 bridgehead atoms. The number of hydrogen-bond donors (Lipinski definition) is 2. The first-order valence-corrected chi connectivity index (χ1v) is 9.10. The Morgan fingerprint density at radius 3 is 2.91 bits per heavy atom. The van der Waals surface area contributed by atoms with Gasteiger partial charge in [-0.1, -0.05) is 6.07 Å². The van der Waals surface area contributed by atoms with E-state index in [9.17, 15) is 4.79 Å². The molecule has 2 atom stereocenters. The molecule has 3 heterocycles. The quantitative estimate of drug-likeness (QED) is 0.846. The van der Waals surface area contributed by atoms with Crippen LogP contribution in [0.2, 0.25) is 0 Å². The molecule has 0 radical (unpaired) electrons. The highest BCUT2D eigenvalue weighted by molar-refractivity contribution is 7.10. The van der Waals surface area contributed by atoms with Crippen LogP contribution < -0.4 is 10.6 Å². The van der Waals surface area contributed by atoms with Crippen LogP contribution in [0.3, 0.4) is 0 Å². The highest BCUT2D eigenvalue weighted by atomic mass is 32.1. The lowest BCUT2D eigenvalue weighted by molar-refractivity contribution is -0.123. The van der Waals surface area contributed by atoms with Crippen LogP contribution in [-0.2, 0) is 4.79 Å². The van der Waals surface area contributed by atoms with E-state index in [0.717, 1.165) is 39.3 Å². The van der Waals surface area contributed by atoms with Crippen LogP contribution in [0.5, 0.6) is 0 Å². The molecule has 0 aliphatic carbocycles. The molecule has 122 valence electrons. The zero-order valence-electron chi connectivity index (χ0n) is 13.3. The van der Waals surface area contributed by atoms with E-state index in [2.05, 4.69) is 38.8 Å². The van der Waals surface area contributed by atoms with Crippen molar-refractivity contribution in [1.82, 2.24) is 20.4 Å². The van der Waals surface area contributed by atoms with E-state index in [1.165, 1.54) is 11.3 Å². The van der Waals surface area contributed by atoms with Gasteiger partial charge in [-0.25, -0.2) is 0 Å². The highest BCUT2D eigenvalue weighted by Gasteiger charge is 2.26. The monoisotopic (exact) mass is 322 g/mol. The van der Waals surface area contributed by atoms with Gasteiger partial charge in [0, 0.05) is 43.6 Å². The van der Waals surface area contributed by atoms with Crippen molar-refractivity contribution < 1.29 is 4.79 Å². The van der Waals surface area contributed by atoms with Gasteiger partial charge >= 0.3 is 0 Å². The van der Waals surface area contributed by atoms with Crippen molar-refractivity contribution in [2.45, 2.75) is 25.4 Å². The third-order valence-electron chi connectivity index (χ3n) is 4.67. The summed E-state index contributed by atoms with van der Waals surface area (Å²) in [5, 5.41) is 8.58. The molecular weight excluding hydrogens is 296 g/mol. The predicted molar refractivity (Wildman–Crippen MR) is 90.2 cm³/mol. The van der Waals surface area contributed by atoms with Gasteiger partial charge in [0.05, 0.1) is 12.6 Å². The van der Waals surface area contributed by atoms with Crippen LogP contribution in [0, 0.1) is 0 Å². The Labute approximate surface area is 136 Å². The number of rotatable bonds is 5. The molecule has 2 fully saturated rings. The Morgan fingerprint density at radius 1 is 1.45 bits per heavy atom. The van der Waals surface area contributed by atoms with Crippen molar-refractivity contribution in [2.75, 3.05) is 45.8 Å². The molecule has 2 unspecified atom stereocenters. The van der Waals surface area contributed by atoms with E-state index in [4.69, 9.17) is 0 Å². The Morgan fingerprint density at radius 2 is 2.27 bits per heavy atom. The highest BCUT2D eigenvalue weighted by Crippen LogP contribution is 2.18. The molecule has 22 heavy (non-hydrogen) atoms. The molecule has 1 amide bonds. The van der Waals surface area contributed by atoms with Gasteiger partial charge in [0.15, 0.2) is 0 Å². The summed E-state index contributed by atoms with van der Waals surface area (Å²) in [4.78, 5) is 18.2. The third kappa shape index (κ3) is 4.07. The molecule has 0 aromatic carbocycles. The second kappa shape index (κ2) is 7.55. The summed E-state index contributed by atoms with van der Waals surface area (Å²) < 4.78 is 0. The Balaban J connectivity index is 1.39. The normalized spacial score (nSPS) is 25.2. The van der Waals surface area contributed by atoms with Gasteiger partial charge in [0.25, 0.3) is 0 Å². The summed E-state index contributed by atoms with van der Waals surface area (Å²) >= 11 is 1.69. The molecule has 5 nitrogen and oxygen atoms in total. The zero-order chi connectivity index (χ0) is 15.4. The van der Waals surface area contributed by atoms with Crippen molar-refractivity contribution in [2.24, 2.45) is 0 Å². The van der Waals surface area contributed by atoms with Crippen molar-refractivity contribution in [3.05, 3.63) is 22.4 Å². The van der Waals surface area contributed by atoms with Crippen LogP contribution in [-0.4, -0.2) is 67.6 Å². The minimum absolute atomic E-state index is 0.110. The Hall–Kier alpha value is -0.950. The maximum atomic E-state index is 12.2. The van der Waals surface area contributed by atoms with Crippen LogP contribution in [0.25, 0.3) is 0 Å². The van der Waals surface area contributed by atoms with E-state index in [1.54, 1.807) is 11.3 Å². The molecule has 2 aliphatic rings. The topological polar surface area (TPSA) is 47.6 Å². The minimum Gasteiger partial charge on any atom is -0.348 e. The zero-order valence-corrected chi connectivity index (χ0v) is 14.1. The molecule has 6 heteroatoms. The summed E-state index contributed by atoms with van der Waals surface area (Å²) in [6.07, 6.45) is 1.26. The molecule has 1 aromatic rings. The first kappa shape index (κ1) is 15.9. The van der Waals surface area contributed by atoms with E-state index in [1.807, 2.05) is 6.07 Å². The smallest absolute Gasteiger partial charge is 0.234 e. The average Bonchev–Trinajstić information content (AvgIpc) is 3.21. The number of amides is 1. The van der Waals surface area contributed by atoms with E-state index in [-0.39, 0.29) is 11.9 Å². The number of carbonyl (C=O) groups excluding carboxylic acids is 1. The molecule has 0 spiro atoms. The van der Waals surface area contributed by atoms with Crippen LogP contribution in [0.4, 0.5) is 0 Å². The summed E-state index contributed by atoms with van der Waals surface area (Å²) in [5.74, 6) is 0.136. The third-order valence-corrected chi connectivity index (χ3v) is 5.73. The molecule has 2 saturated heterocycles. The van der Waals surface area contributed by atoms with Crippen molar-refractivity contribution in [1.29, 1.82) is 0 Å². The molecular formula is C16H26N4OS. The fraction of sp³-hybridized carbons (Fsp3) is 0.688. The van der Waals surface area contributed by atoms with Crippen molar-refractivity contribution in [3.8, 4) is 0 Å². The lowest BCUT2D eigenvalue weighted by Gasteiger charge is -2.37. The number of piperazine rings is 1. The fourth-order valence-electron chi connectivity index (χ4n) is 3.34. The number of carbonyl (C=O) groups is 1. The molecule has 1 aromatic heterocycles. The standard InChI is InChI=1S/C16H26N4OS/c1-13(15-3-2-10-22-15)18-16(21)12-19-6-8-20(9-7-19)14-4-5-17-11-14/h2-3,10,13-14,17H,4-9,11-12H2,1H3,(H,18,21). The fourth-order valence-corrected chi connectivity index (χ4v) is 4.07. The second-order valence-corrected chi connectivity index (χ2v) is 7.24. The van der Waals surface area contributed by atoms with Crippen LogP contribution in [0.15, 0.2) is 17.5 Å². The van der Waals surface area contributed by atoms with Gasteiger partial charge in [0.2, 0.25) is 5.91 Å². The average molecular weight is 322 g/mol. The van der Waals surface area contributed by atoms with Gasteiger partial charge in [-0.05, 0) is 31.3 Å². The van der Waals surface area contributed by atoms with E-state index in [0.29, 0.717) is 12.6 Å². The summed E-state index contributed by atoms with van der Waals surface area (Å²) in [7, 11) is 0. The SMILES string of the molecule is CC(NC(=O)CN1CCN(C2CCNC2)CC1)c1cccs1. The maximum absolute atomic E-state index is 12.2. The van der Waals surface area contributed by atoms with Crippen LogP contribution >= 0.6 is 11.3 Å². The summed E-state index contributed by atoms with van der Waals surface area (Å²) in [5.41, 5.74) is 0. The first-order chi connectivity index (χ1) is 10.7. The molecule has 0 saturated carbocycles. The largest absolute Gasteiger partial charge is 0.348 e. The number of hydrogen-bond acceptors (Lipinski definition) is 5. The Kier molecular flexibility index (Phi) is 5.46. The van der Waals surface area contributed by atoms with Gasteiger partial charge in [-0.3, -0.25) is 14.6 Å². The molecule has 2 aliphatic heterocycles. The Bertz CT molecular complexity index is 465. The molecule has 3 rings (SSSR count). The second-order valence-electron chi connectivity index (χ2n) is 6.26. The maximum Gasteiger partial charge on any atom is 0.234 e. The minimum atomic E-state index is 0.110. The van der Waals surface area contributed by atoms with Gasteiger partial charge in [-0.15, -0.1) is 11.3 Å². The number of thiophene rings is 1. The van der Waals surface area contributed by atoms with Gasteiger partial charge in [-0.2, -0.15) is 0 Å². The van der Waals surface area contributed by atoms with Crippen LogP contribution in [0.1, 0.15) is 24.3 Å². The van der Waals surface area contributed by atoms with Gasteiger partial charge in [0.1, 0.15) is 0 Å². The van der Waals surface area contributed by atoms with Gasteiger partial charge < -0.3 is 10.6 Å². The van der Waals surface area contributed by atoms with E-state index >= 15 is 0 Å². The number of nitrogens with one attached hydrogen (secondary N) is 2. The number of nitrogens with zero attached hydrogens (tertiary/aromatic N) is 2. The van der Waals surface area contributed by atoms with Crippen molar-refractivity contribution in [3.63, 3.8) is 0 Å². The van der Waals surface area contributed by atoms with Crippen molar-refractivity contribution >= 4 is 17.2 Å². The summed E-state index contributed by atoms with van der Waals surface area (Å²) in [6, 6.07) is 4.91. The lowest BCUT2D eigenvalue weighted by atomic mass is 10.2.